The highest BCUT2D eigenvalue weighted by atomic mass is 15.3. The summed E-state index contributed by atoms with van der Waals surface area (Å²) in [5.41, 5.74) is 2.94. The Morgan fingerprint density at radius 3 is 2.83 bits per heavy atom. The van der Waals surface area contributed by atoms with Crippen molar-refractivity contribution in [3.05, 3.63) is 17.5 Å². The molecule has 1 saturated carbocycles. The van der Waals surface area contributed by atoms with Gasteiger partial charge in [-0.1, -0.05) is 27.2 Å². The second kappa shape index (κ2) is 6.37. The topological polar surface area (TPSA) is 29.9 Å². The number of rotatable bonds is 8. The lowest BCUT2D eigenvalue weighted by atomic mass is 10.1. The van der Waals surface area contributed by atoms with Crippen LogP contribution in [0.2, 0.25) is 0 Å². The molecule has 1 aromatic rings. The first-order chi connectivity index (χ1) is 8.72. The Hall–Kier alpha value is -0.830. The highest BCUT2D eigenvalue weighted by Crippen LogP contribution is 2.41. The number of aromatic nitrogens is 2. The molecular formula is C15H27N3. The molecule has 0 aliphatic heterocycles. The predicted molar refractivity (Wildman–Crippen MR) is 75.7 cm³/mol. The van der Waals surface area contributed by atoms with Gasteiger partial charge in [0.15, 0.2) is 0 Å². The normalized spacial score (nSPS) is 15.6. The van der Waals surface area contributed by atoms with Crippen molar-refractivity contribution in [2.24, 2.45) is 5.92 Å². The predicted octanol–water partition coefficient (Wildman–Crippen LogP) is 3.31. The molecule has 18 heavy (non-hydrogen) atoms. The number of hydrogen-bond donors (Lipinski definition) is 1. The lowest BCUT2D eigenvalue weighted by Gasteiger charge is -2.10. The fourth-order valence-corrected chi connectivity index (χ4v) is 2.38. The van der Waals surface area contributed by atoms with E-state index in [1.54, 1.807) is 0 Å². The van der Waals surface area contributed by atoms with E-state index in [-0.39, 0.29) is 0 Å². The molecule has 1 aliphatic rings. The molecular weight excluding hydrogens is 222 g/mol. The Kier molecular flexibility index (Phi) is 4.81. The van der Waals surface area contributed by atoms with E-state index in [9.17, 15) is 0 Å². The van der Waals surface area contributed by atoms with E-state index in [4.69, 9.17) is 0 Å². The Balaban J connectivity index is 1.98. The largest absolute Gasteiger partial charge is 0.312 e. The Morgan fingerprint density at radius 1 is 1.44 bits per heavy atom. The number of unbranched alkanes of at least 4 members (excludes halogenated alkanes) is 1. The highest BCUT2D eigenvalue weighted by Gasteiger charge is 2.29. The van der Waals surface area contributed by atoms with Crippen LogP contribution in [0.3, 0.4) is 0 Å². The van der Waals surface area contributed by atoms with Gasteiger partial charge >= 0.3 is 0 Å². The van der Waals surface area contributed by atoms with Gasteiger partial charge in [0.1, 0.15) is 0 Å². The number of nitrogens with one attached hydrogen (secondary N) is 1. The van der Waals surface area contributed by atoms with Crippen LogP contribution in [-0.4, -0.2) is 16.3 Å². The minimum absolute atomic E-state index is 0.713. The molecule has 1 heterocycles. The molecule has 0 spiro atoms. The zero-order chi connectivity index (χ0) is 13.0. The second-order valence-electron chi connectivity index (χ2n) is 5.93. The van der Waals surface area contributed by atoms with Gasteiger partial charge in [-0.05, 0) is 31.7 Å². The molecule has 3 nitrogen and oxygen atoms in total. The van der Waals surface area contributed by atoms with Crippen molar-refractivity contribution in [3.8, 4) is 0 Å². The van der Waals surface area contributed by atoms with Crippen LogP contribution in [0.15, 0.2) is 6.20 Å². The van der Waals surface area contributed by atoms with Crippen LogP contribution in [-0.2, 0) is 13.1 Å². The molecule has 0 saturated heterocycles. The summed E-state index contributed by atoms with van der Waals surface area (Å²) in [5, 5.41) is 8.13. The zero-order valence-electron chi connectivity index (χ0n) is 12.1. The molecule has 0 amide bonds. The SMILES string of the molecule is CCCCn1ncc(CNCC(C)C)c1C1CC1. The summed E-state index contributed by atoms with van der Waals surface area (Å²) in [6, 6.07) is 0. The van der Waals surface area contributed by atoms with E-state index < -0.39 is 0 Å². The van der Waals surface area contributed by atoms with Gasteiger partial charge < -0.3 is 5.32 Å². The lowest BCUT2D eigenvalue weighted by molar-refractivity contribution is 0.538. The van der Waals surface area contributed by atoms with E-state index in [2.05, 4.69) is 42.1 Å². The average Bonchev–Trinajstić information content (AvgIpc) is 3.09. The Labute approximate surface area is 111 Å². The van der Waals surface area contributed by atoms with Crippen LogP contribution < -0.4 is 5.32 Å². The molecule has 1 N–H and O–H groups in total. The van der Waals surface area contributed by atoms with Gasteiger partial charge in [0.2, 0.25) is 0 Å². The van der Waals surface area contributed by atoms with Crippen molar-refractivity contribution in [1.29, 1.82) is 0 Å². The maximum Gasteiger partial charge on any atom is 0.0537 e. The molecule has 2 rings (SSSR count). The summed E-state index contributed by atoms with van der Waals surface area (Å²) in [7, 11) is 0. The third-order valence-corrected chi connectivity index (χ3v) is 3.52. The van der Waals surface area contributed by atoms with Crippen molar-refractivity contribution in [2.75, 3.05) is 6.54 Å². The first-order valence-corrected chi connectivity index (χ1v) is 7.47. The van der Waals surface area contributed by atoms with Gasteiger partial charge in [0.25, 0.3) is 0 Å². The van der Waals surface area contributed by atoms with Crippen LogP contribution in [0.25, 0.3) is 0 Å². The van der Waals surface area contributed by atoms with E-state index in [1.807, 2.05) is 0 Å². The molecule has 3 heteroatoms. The van der Waals surface area contributed by atoms with E-state index >= 15 is 0 Å². The molecule has 0 bridgehead atoms. The van der Waals surface area contributed by atoms with Crippen LogP contribution in [0.1, 0.15) is 63.6 Å². The maximum absolute atomic E-state index is 4.59. The molecule has 0 aromatic carbocycles. The molecule has 102 valence electrons. The summed E-state index contributed by atoms with van der Waals surface area (Å²) in [6.07, 6.45) is 7.27. The van der Waals surface area contributed by atoms with Gasteiger partial charge in [-0.3, -0.25) is 4.68 Å². The summed E-state index contributed by atoms with van der Waals surface area (Å²) < 4.78 is 2.26. The number of aryl methyl sites for hydroxylation is 1. The van der Waals surface area contributed by atoms with Gasteiger partial charge in [-0.15, -0.1) is 0 Å². The summed E-state index contributed by atoms with van der Waals surface area (Å²) >= 11 is 0. The molecule has 0 radical (unpaired) electrons. The van der Waals surface area contributed by atoms with Crippen molar-refractivity contribution < 1.29 is 0 Å². The zero-order valence-corrected chi connectivity index (χ0v) is 12.1. The van der Waals surface area contributed by atoms with E-state index in [1.165, 1.54) is 36.9 Å². The van der Waals surface area contributed by atoms with Gasteiger partial charge in [0, 0.05) is 30.3 Å². The number of hydrogen-bond acceptors (Lipinski definition) is 2. The summed E-state index contributed by atoms with van der Waals surface area (Å²) in [4.78, 5) is 0. The fourth-order valence-electron chi connectivity index (χ4n) is 2.38. The van der Waals surface area contributed by atoms with Crippen LogP contribution in [0.4, 0.5) is 0 Å². The maximum atomic E-state index is 4.59. The first-order valence-electron chi connectivity index (χ1n) is 7.47. The van der Waals surface area contributed by atoms with Crippen LogP contribution in [0.5, 0.6) is 0 Å². The molecule has 0 unspecified atom stereocenters. The van der Waals surface area contributed by atoms with Crippen LogP contribution in [0, 0.1) is 5.92 Å². The summed E-state index contributed by atoms with van der Waals surface area (Å²) in [6.45, 7) is 9.90. The van der Waals surface area contributed by atoms with Gasteiger partial charge in [0.05, 0.1) is 6.20 Å². The third kappa shape index (κ3) is 3.58. The Bertz CT molecular complexity index is 364. The Morgan fingerprint density at radius 2 is 2.22 bits per heavy atom. The quantitative estimate of drug-likeness (QED) is 0.766. The molecule has 1 aliphatic carbocycles. The van der Waals surface area contributed by atoms with Gasteiger partial charge in [-0.25, -0.2) is 0 Å². The first kappa shape index (κ1) is 13.6. The van der Waals surface area contributed by atoms with E-state index in [0.29, 0.717) is 5.92 Å². The van der Waals surface area contributed by atoms with E-state index in [0.717, 1.165) is 25.6 Å². The van der Waals surface area contributed by atoms with Crippen molar-refractivity contribution in [3.63, 3.8) is 0 Å². The summed E-state index contributed by atoms with van der Waals surface area (Å²) in [5.74, 6) is 1.50. The lowest BCUT2D eigenvalue weighted by Crippen LogP contribution is -2.19. The van der Waals surface area contributed by atoms with Crippen molar-refractivity contribution in [2.45, 2.75) is 65.5 Å². The van der Waals surface area contributed by atoms with Crippen LogP contribution >= 0.6 is 0 Å². The minimum atomic E-state index is 0.713. The molecule has 1 fully saturated rings. The molecule has 1 aromatic heterocycles. The highest BCUT2D eigenvalue weighted by molar-refractivity contribution is 5.25. The smallest absolute Gasteiger partial charge is 0.0537 e. The third-order valence-electron chi connectivity index (χ3n) is 3.52. The van der Waals surface area contributed by atoms with Gasteiger partial charge in [-0.2, -0.15) is 5.10 Å². The molecule has 0 atom stereocenters. The standard InChI is InChI=1S/C15H27N3/c1-4-5-8-18-15(13-6-7-13)14(11-17-18)10-16-9-12(2)3/h11-13,16H,4-10H2,1-3H3. The average molecular weight is 249 g/mol. The van der Waals surface area contributed by atoms with Crippen molar-refractivity contribution >= 4 is 0 Å². The fraction of sp³-hybridized carbons (Fsp3) is 0.800. The second-order valence-corrected chi connectivity index (χ2v) is 5.93. The van der Waals surface area contributed by atoms with Crippen molar-refractivity contribution in [1.82, 2.24) is 15.1 Å². The number of nitrogens with zero attached hydrogens (tertiary/aromatic N) is 2. The monoisotopic (exact) mass is 249 g/mol. The minimum Gasteiger partial charge on any atom is -0.312 e.